The number of aryl methyl sites for hydroxylation is 1. The molecular formula is C20H17Cl2NO4. The highest BCUT2D eigenvalue weighted by molar-refractivity contribution is 6.37. The summed E-state index contributed by atoms with van der Waals surface area (Å²) in [5.74, 6) is -0.243. The molecule has 0 radical (unpaired) electrons. The quantitative estimate of drug-likeness (QED) is 0.391. The first-order chi connectivity index (χ1) is 12.8. The second-order valence-corrected chi connectivity index (χ2v) is 6.51. The smallest absolute Gasteiger partial charge is 0.346 e. The van der Waals surface area contributed by atoms with Crippen molar-refractivity contribution in [1.29, 1.82) is 5.26 Å². The van der Waals surface area contributed by atoms with Crippen LogP contribution in [0.25, 0.3) is 5.57 Å². The number of ether oxygens (including phenoxy) is 2. The molecule has 0 bridgehead atoms. The van der Waals surface area contributed by atoms with Gasteiger partial charge in [-0.3, -0.25) is 0 Å². The number of allylic oxidation sites excluding steroid dienone is 1. The number of halogens is 2. The van der Waals surface area contributed by atoms with Crippen molar-refractivity contribution in [1.82, 2.24) is 0 Å². The molecule has 0 spiro atoms. The number of carbonyl (C=O) groups is 1. The predicted molar refractivity (Wildman–Crippen MR) is 104 cm³/mol. The number of nitrogens with zero attached hydrogens (tertiary/aromatic N) is 1. The largest absolute Gasteiger partial charge is 0.490 e. The van der Waals surface area contributed by atoms with Crippen molar-refractivity contribution in [3.8, 4) is 17.6 Å². The maximum atomic E-state index is 11.0. The molecule has 0 unspecified atom stereocenters. The number of benzene rings is 2. The molecule has 0 aliphatic rings. The molecule has 0 atom stereocenters. The van der Waals surface area contributed by atoms with Gasteiger partial charge in [-0.25, -0.2) is 4.79 Å². The molecule has 2 aromatic carbocycles. The van der Waals surface area contributed by atoms with Gasteiger partial charge in [0, 0.05) is 0 Å². The Morgan fingerprint density at radius 2 is 1.67 bits per heavy atom. The third kappa shape index (κ3) is 5.40. The minimum atomic E-state index is -1.25. The highest BCUT2D eigenvalue weighted by atomic mass is 35.5. The lowest BCUT2D eigenvalue weighted by Crippen LogP contribution is -2.09. The first-order valence-corrected chi connectivity index (χ1v) is 8.75. The molecule has 0 amide bonds. The summed E-state index contributed by atoms with van der Waals surface area (Å²) in [7, 11) is 0. The van der Waals surface area contributed by atoms with Crippen LogP contribution in [0.1, 0.15) is 18.1 Å². The van der Waals surface area contributed by atoms with Gasteiger partial charge in [0.15, 0.2) is 5.75 Å². The van der Waals surface area contributed by atoms with E-state index in [-0.39, 0.29) is 18.8 Å². The van der Waals surface area contributed by atoms with Crippen molar-refractivity contribution in [3.05, 3.63) is 63.1 Å². The number of nitriles is 1. The van der Waals surface area contributed by atoms with Gasteiger partial charge >= 0.3 is 5.97 Å². The lowest BCUT2D eigenvalue weighted by molar-refractivity contribution is -0.132. The number of hydrogen-bond acceptors (Lipinski definition) is 4. The standard InChI is InChI=1S/C20H17Cl2NO4/c1-12-9-17(21)19(18(22)10-12)27-8-7-26-15-5-3-14(4-6-15)13(2)16(11-23)20(24)25/h3-6,9-10H,7-8H2,1-2H3,(H,24,25)/b16-13+. The van der Waals surface area contributed by atoms with Crippen LogP contribution in [0, 0.1) is 18.3 Å². The third-order valence-corrected chi connectivity index (χ3v) is 4.29. The van der Waals surface area contributed by atoms with Gasteiger partial charge in [0.2, 0.25) is 0 Å². The average Bonchev–Trinajstić information content (AvgIpc) is 2.61. The number of carboxylic acid groups (broad SMARTS) is 1. The van der Waals surface area contributed by atoms with Crippen molar-refractivity contribution in [3.63, 3.8) is 0 Å². The lowest BCUT2D eigenvalue weighted by Gasteiger charge is -2.12. The summed E-state index contributed by atoms with van der Waals surface area (Å²) < 4.78 is 11.2. The van der Waals surface area contributed by atoms with Crippen LogP contribution in [0.4, 0.5) is 0 Å². The first-order valence-electron chi connectivity index (χ1n) is 7.99. The van der Waals surface area contributed by atoms with Crippen molar-refractivity contribution in [2.75, 3.05) is 13.2 Å². The number of aliphatic carboxylic acids is 1. The fourth-order valence-corrected chi connectivity index (χ4v) is 3.07. The SMILES string of the molecule is C/C(=C(/C#N)C(=O)O)c1ccc(OCCOc2c(Cl)cc(C)cc2Cl)cc1. The molecule has 5 nitrogen and oxygen atoms in total. The Morgan fingerprint density at radius 3 is 2.19 bits per heavy atom. The summed E-state index contributed by atoms with van der Waals surface area (Å²) in [6.45, 7) is 4.00. The molecule has 27 heavy (non-hydrogen) atoms. The van der Waals surface area contributed by atoms with Crippen LogP contribution >= 0.6 is 23.2 Å². The van der Waals surface area contributed by atoms with Crippen molar-refractivity contribution in [2.24, 2.45) is 0 Å². The van der Waals surface area contributed by atoms with Gasteiger partial charge in [-0.1, -0.05) is 35.3 Å². The van der Waals surface area contributed by atoms with Crippen LogP contribution in [-0.4, -0.2) is 24.3 Å². The van der Waals surface area contributed by atoms with E-state index >= 15 is 0 Å². The second-order valence-electron chi connectivity index (χ2n) is 5.70. The van der Waals surface area contributed by atoms with Gasteiger partial charge in [-0.2, -0.15) is 5.26 Å². The zero-order chi connectivity index (χ0) is 20.0. The number of rotatable bonds is 7. The summed E-state index contributed by atoms with van der Waals surface area (Å²) in [5, 5.41) is 18.8. The lowest BCUT2D eigenvalue weighted by atomic mass is 10.0. The molecule has 0 fully saturated rings. The Bertz CT molecular complexity index is 892. The van der Waals surface area contributed by atoms with Gasteiger partial charge < -0.3 is 14.6 Å². The first kappa shape index (κ1) is 20.6. The number of carboxylic acids is 1. The van der Waals surface area contributed by atoms with Gasteiger partial charge in [0.1, 0.15) is 30.6 Å². The van der Waals surface area contributed by atoms with E-state index in [2.05, 4.69) is 0 Å². The molecular weight excluding hydrogens is 389 g/mol. The minimum Gasteiger partial charge on any atom is -0.490 e. The van der Waals surface area contributed by atoms with Gasteiger partial charge in [0.05, 0.1) is 10.0 Å². The molecule has 2 rings (SSSR count). The Morgan fingerprint density at radius 1 is 1.11 bits per heavy atom. The summed E-state index contributed by atoms with van der Waals surface area (Å²) in [4.78, 5) is 11.0. The normalized spacial score (nSPS) is 11.4. The van der Waals surface area contributed by atoms with Gasteiger partial charge in [-0.15, -0.1) is 0 Å². The molecule has 7 heteroatoms. The monoisotopic (exact) mass is 405 g/mol. The van der Waals surface area contributed by atoms with E-state index in [9.17, 15) is 4.79 Å². The summed E-state index contributed by atoms with van der Waals surface area (Å²) in [6.07, 6.45) is 0. The topological polar surface area (TPSA) is 79.6 Å². The molecule has 140 valence electrons. The van der Waals surface area contributed by atoms with E-state index in [0.717, 1.165) is 5.56 Å². The van der Waals surface area contributed by atoms with Crippen molar-refractivity contribution < 1.29 is 19.4 Å². The molecule has 0 heterocycles. The van der Waals surface area contributed by atoms with E-state index in [1.165, 1.54) is 0 Å². The summed E-state index contributed by atoms with van der Waals surface area (Å²) in [5.41, 5.74) is 1.68. The Hall–Kier alpha value is -2.68. The highest BCUT2D eigenvalue weighted by Gasteiger charge is 2.12. The zero-order valence-electron chi connectivity index (χ0n) is 14.8. The molecule has 0 aliphatic heterocycles. The van der Waals surface area contributed by atoms with E-state index in [4.69, 9.17) is 43.0 Å². The Labute approximate surface area is 167 Å². The maximum Gasteiger partial charge on any atom is 0.346 e. The Kier molecular flexibility index (Phi) is 7.12. The van der Waals surface area contributed by atoms with Crippen molar-refractivity contribution >= 4 is 34.7 Å². The minimum absolute atomic E-state index is 0.251. The molecule has 2 aromatic rings. The van der Waals surface area contributed by atoms with Crippen LogP contribution < -0.4 is 9.47 Å². The van der Waals surface area contributed by atoms with Crippen LogP contribution in [0.5, 0.6) is 11.5 Å². The molecule has 0 aromatic heterocycles. The van der Waals surface area contributed by atoms with Crippen LogP contribution in [0.3, 0.4) is 0 Å². The maximum absolute atomic E-state index is 11.0. The van der Waals surface area contributed by atoms with E-state index < -0.39 is 5.97 Å². The van der Waals surface area contributed by atoms with E-state index in [0.29, 0.717) is 32.7 Å². The molecule has 0 saturated heterocycles. The van der Waals surface area contributed by atoms with Gasteiger partial charge in [0.25, 0.3) is 0 Å². The van der Waals surface area contributed by atoms with E-state index in [1.54, 1.807) is 49.4 Å². The molecule has 1 N–H and O–H groups in total. The van der Waals surface area contributed by atoms with E-state index in [1.807, 2.05) is 6.92 Å². The summed E-state index contributed by atoms with van der Waals surface area (Å²) in [6, 6.07) is 12.0. The summed E-state index contributed by atoms with van der Waals surface area (Å²) >= 11 is 12.2. The van der Waals surface area contributed by atoms with Crippen LogP contribution in [0.2, 0.25) is 10.0 Å². The fraction of sp³-hybridized carbons (Fsp3) is 0.200. The van der Waals surface area contributed by atoms with Gasteiger partial charge in [-0.05, 0) is 54.8 Å². The third-order valence-electron chi connectivity index (χ3n) is 3.73. The zero-order valence-corrected chi connectivity index (χ0v) is 16.3. The van der Waals surface area contributed by atoms with Crippen LogP contribution in [-0.2, 0) is 4.79 Å². The van der Waals surface area contributed by atoms with Crippen LogP contribution in [0.15, 0.2) is 42.0 Å². The Balaban J connectivity index is 1.95. The molecule has 0 aliphatic carbocycles. The molecule has 0 saturated carbocycles. The van der Waals surface area contributed by atoms with Crippen molar-refractivity contribution in [2.45, 2.75) is 13.8 Å². The number of hydrogen-bond donors (Lipinski definition) is 1. The predicted octanol–water partition coefficient (Wildman–Crippen LogP) is 5.14. The fourth-order valence-electron chi connectivity index (χ4n) is 2.37. The average molecular weight is 406 g/mol. The second kappa shape index (κ2) is 9.31. The highest BCUT2D eigenvalue weighted by Crippen LogP contribution is 2.34.